The molecular weight excluding hydrogens is 246 g/mol. The third-order valence-corrected chi connectivity index (χ3v) is 6.32. The summed E-state index contributed by atoms with van der Waals surface area (Å²) in [5, 5.41) is 3.62. The molecule has 116 valence electrons. The van der Waals surface area contributed by atoms with Crippen molar-refractivity contribution in [3.63, 3.8) is 0 Å². The van der Waals surface area contributed by atoms with Crippen LogP contribution in [0.1, 0.15) is 46.5 Å². The minimum Gasteiger partial charge on any atom is -0.316 e. The number of piperazine rings is 1. The normalized spacial score (nSPS) is 42.0. The van der Waals surface area contributed by atoms with Crippen molar-refractivity contribution in [2.45, 2.75) is 64.6 Å². The van der Waals surface area contributed by atoms with E-state index in [-0.39, 0.29) is 0 Å². The average molecular weight is 279 g/mol. The average Bonchev–Trinajstić information content (AvgIpc) is 2.94. The molecule has 0 radical (unpaired) electrons. The van der Waals surface area contributed by atoms with Gasteiger partial charge in [0.2, 0.25) is 0 Å². The first-order chi connectivity index (χ1) is 9.51. The van der Waals surface area contributed by atoms with E-state index >= 15 is 0 Å². The monoisotopic (exact) mass is 279 g/mol. The Morgan fingerprint density at radius 2 is 2.00 bits per heavy atom. The fraction of sp³-hybridized carbons (Fsp3) is 1.00. The number of hydrogen-bond donors (Lipinski definition) is 1. The molecule has 0 bridgehead atoms. The summed E-state index contributed by atoms with van der Waals surface area (Å²) in [6, 6.07) is 2.29. The van der Waals surface area contributed by atoms with Crippen LogP contribution in [0.25, 0.3) is 0 Å². The Morgan fingerprint density at radius 1 is 1.20 bits per heavy atom. The maximum atomic E-state index is 3.62. The van der Waals surface area contributed by atoms with E-state index in [9.17, 15) is 0 Å². The molecule has 4 unspecified atom stereocenters. The Hall–Kier alpha value is -0.120. The fourth-order valence-electron chi connectivity index (χ4n) is 5.14. The second-order valence-corrected chi connectivity index (χ2v) is 8.15. The standard InChI is InChI=1S/C17H33N3/c1-13-10-19-9-5-6-15(19)12-20(13)11-14-7-8-17(2,3)16(14)18-4/h13-16,18H,5-12H2,1-4H3. The summed E-state index contributed by atoms with van der Waals surface area (Å²) < 4.78 is 0. The van der Waals surface area contributed by atoms with Crippen molar-refractivity contribution in [2.75, 3.05) is 33.2 Å². The second-order valence-electron chi connectivity index (χ2n) is 8.15. The molecular formula is C17H33N3. The first-order valence-corrected chi connectivity index (χ1v) is 8.66. The molecule has 1 saturated carbocycles. The van der Waals surface area contributed by atoms with E-state index in [2.05, 4.69) is 42.9 Å². The molecule has 2 aliphatic heterocycles. The van der Waals surface area contributed by atoms with Crippen molar-refractivity contribution in [1.82, 2.24) is 15.1 Å². The maximum Gasteiger partial charge on any atom is 0.0224 e. The van der Waals surface area contributed by atoms with E-state index in [0.29, 0.717) is 11.5 Å². The van der Waals surface area contributed by atoms with Crippen LogP contribution >= 0.6 is 0 Å². The third kappa shape index (κ3) is 2.65. The van der Waals surface area contributed by atoms with Gasteiger partial charge in [-0.05, 0) is 57.5 Å². The number of nitrogens with one attached hydrogen (secondary N) is 1. The number of fused-ring (bicyclic) bond motifs is 1. The zero-order valence-corrected chi connectivity index (χ0v) is 13.9. The lowest BCUT2D eigenvalue weighted by molar-refractivity contribution is 0.0434. The van der Waals surface area contributed by atoms with Crippen LogP contribution < -0.4 is 5.32 Å². The molecule has 0 amide bonds. The van der Waals surface area contributed by atoms with Crippen molar-refractivity contribution in [2.24, 2.45) is 11.3 Å². The Balaban J connectivity index is 1.62. The van der Waals surface area contributed by atoms with E-state index < -0.39 is 0 Å². The molecule has 3 fully saturated rings. The molecule has 1 N–H and O–H groups in total. The van der Waals surface area contributed by atoms with Gasteiger partial charge in [0.15, 0.2) is 0 Å². The molecule has 0 aromatic heterocycles. The molecule has 0 spiro atoms. The van der Waals surface area contributed by atoms with Crippen LogP contribution in [-0.4, -0.2) is 61.2 Å². The largest absolute Gasteiger partial charge is 0.316 e. The Labute approximate surface area is 125 Å². The van der Waals surface area contributed by atoms with Crippen LogP contribution in [0.15, 0.2) is 0 Å². The van der Waals surface area contributed by atoms with Crippen molar-refractivity contribution < 1.29 is 0 Å². The Morgan fingerprint density at radius 3 is 2.75 bits per heavy atom. The lowest BCUT2D eigenvalue weighted by Gasteiger charge is -2.44. The number of rotatable bonds is 3. The molecule has 0 aromatic rings. The topological polar surface area (TPSA) is 18.5 Å². The van der Waals surface area contributed by atoms with Crippen LogP contribution in [0.3, 0.4) is 0 Å². The van der Waals surface area contributed by atoms with E-state index in [4.69, 9.17) is 0 Å². The smallest absolute Gasteiger partial charge is 0.0224 e. The summed E-state index contributed by atoms with van der Waals surface area (Å²) in [6.45, 7) is 12.6. The van der Waals surface area contributed by atoms with Gasteiger partial charge < -0.3 is 5.32 Å². The quantitative estimate of drug-likeness (QED) is 0.854. The highest BCUT2D eigenvalue weighted by atomic mass is 15.3. The highest BCUT2D eigenvalue weighted by Gasteiger charge is 2.43. The summed E-state index contributed by atoms with van der Waals surface area (Å²) in [7, 11) is 2.16. The van der Waals surface area contributed by atoms with E-state index in [1.165, 1.54) is 51.9 Å². The van der Waals surface area contributed by atoms with Gasteiger partial charge in [-0.1, -0.05) is 13.8 Å². The van der Waals surface area contributed by atoms with Crippen LogP contribution in [0.5, 0.6) is 0 Å². The molecule has 2 saturated heterocycles. The van der Waals surface area contributed by atoms with Crippen LogP contribution in [0.2, 0.25) is 0 Å². The number of nitrogens with zero attached hydrogens (tertiary/aromatic N) is 2. The van der Waals surface area contributed by atoms with Gasteiger partial charge in [0.05, 0.1) is 0 Å². The molecule has 1 aliphatic carbocycles. The van der Waals surface area contributed by atoms with Gasteiger partial charge >= 0.3 is 0 Å². The minimum atomic E-state index is 0.470. The molecule has 4 atom stereocenters. The maximum absolute atomic E-state index is 3.62. The SMILES string of the molecule is CNC1C(CN2CC3CCCN3CC2C)CCC1(C)C. The summed E-state index contributed by atoms with van der Waals surface area (Å²) in [6.07, 6.45) is 5.62. The van der Waals surface area contributed by atoms with Gasteiger partial charge in [0.1, 0.15) is 0 Å². The lowest BCUT2D eigenvalue weighted by atomic mass is 9.84. The summed E-state index contributed by atoms with van der Waals surface area (Å²) in [4.78, 5) is 5.53. The molecule has 3 heteroatoms. The number of hydrogen-bond acceptors (Lipinski definition) is 3. The predicted octanol–water partition coefficient (Wildman–Crippen LogP) is 2.18. The van der Waals surface area contributed by atoms with Crippen LogP contribution in [0, 0.1) is 11.3 Å². The summed E-state index contributed by atoms with van der Waals surface area (Å²) >= 11 is 0. The highest BCUT2D eigenvalue weighted by molar-refractivity contribution is 4.98. The third-order valence-electron chi connectivity index (χ3n) is 6.32. The lowest BCUT2D eigenvalue weighted by Crippen LogP contribution is -2.57. The summed E-state index contributed by atoms with van der Waals surface area (Å²) in [5.74, 6) is 0.838. The first kappa shape index (κ1) is 14.8. The predicted molar refractivity (Wildman–Crippen MR) is 85.0 cm³/mol. The van der Waals surface area contributed by atoms with Gasteiger partial charge in [-0.2, -0.15) is 0 Å². The molecule has 0 aromatic carbocycles. The second kappa shape index (κ2) is 5.58. The molecule has 3 nitrogen and oxygen atoms in total. The van der Waals surface area contributed by atoms with Crippen LogP contribution in [-0.2, 0) is 0 Å². The first-order valence-electron chi connectivity index (χ1n) is 8.66. The van der Waals surface area contributed by atoms with Crippen molar-refractivity contribution in [3.05, 3.63) is 0 Å². The van der Waals surface area contributed by atoms with Gasteiger partial charge in [-0.25, -0.2) is 0 Å². The van der Waals surface area contributed by atoms with Crippen molar-refractivity contribution in [1.29, 1.82) is 0 Å². The van der Waals surface area contributed by atoms with E-state index in [0.717, 1.165) is 18.0 Å². The van der Waals surface area contributed by atoms with Crippen molar-refractivity contribution >= 4 is 0 Å². The van der Waals surface area contributed by atoms with Gasteiger partial charge in [0, 0.05) is 37.8 Å². The molecule has 3 aliphatic rings. The van der Waals surface area contributed by atoms with Gasteiger partial charge in [-0.3, -0.25) is 9.80 Å². The zero-order chi connectivity index (χ0) is 14.3. The Kier molecular flexibility index (Phi) is 4.13. The molecule has 3 rings (SSSR count). The van der Waals surface area contributed by atoms with Crippen LogP contribution in [0.4, 0.5) is 0 Å². The highest BCUT2D eigenvalue weighted by Crippen LogP contribution is 2.42. The van der Waals surface area contributed by atoms with E-state index in [1.807, 2.05) is 0 Å². The minimum absolute atomic E-state index is 0.470. The Bertz CT molecular complexity index is 341. The van der Waals surface area contributed by atoms with Crippen molar-refractivity contribution in [3.8, 4) is 0 Å². The summed E-state index contributed by atoms with van der Waals surface area (Å²) in [5.41, 5.74) is 0.470. The fourth-order valence-corrected chi connectivity index (χ4v) is 5.14. The molecule has 2 heterocycles. The van der Waals surface area contributed by atoms with Gasteiger partial charge in [0.25, 0.3) is 0 Å². The van der Waals surface area contributed by atoms with Gasteiger partial charge in [-0.15, -0.1) is 0 Å². The molecule has 20 heavy (non-hydrogen) atoms. The van der Waals surface area contributed by atoms with E-state index in [1.54, 1.807) is 0 Å². The zero-order valence-electron chi connectivity index (χ0n) is 13.9.